The third-order valence-electron chi connectivity index (χ3n) is 4.25. The molecule has 0 radical (unpaired) electrons. The quantitative estimate of drug-likeness (QED) is 0.761. The predicted molar refractivity (Wildman–Crippen MR) is 77.3 cm³/mol. The Morgan fingerprint density at radius 3 is 2.57 bits per heavy atom. The van der Waals surface area contributed by atoms with Gasteiger partial charge in [-0.2, -0.15) is 13.2 Å². The maximum atomic E-state index is 13.3. The molecule has 21 heavy (non-hydrogen) atoms. The molecule has 1 fully saturated rings. The van der Waals surface area contributed by atoms with Crippen molar-refractivity contribution in [1.82, 2.24) is 0 Å². The molecule has 0 amide bonds. The molecule has 0 saturated heterocycles. The van der Waals surface area contributed by atoms with Crippen molar-refractivity contribution in [2.75, 3.05) is 0 Å². The standard InChI is InChI=1S/C15H18BrF4N/c16-13-6-5-10(17)7-9(13)8-14(21)11-3-1-2-4-12(11)15(18,19)20/h5-7,11-12,14H,1-4,8,21H2. The number of hydrogen-bond acceptors (Lipinski definition) is 1. The lowest BCUT2D eigenvalue weighted by molar-refractivity contribution is -0.198. The summed E-state index contributed by atoms with van der Waals surface area (Å²) in [6.45, 7) is 0. The molecule has 2 N–H and O–H groups in total. The highest BCUT2D eigenvalue weighted by atomic mass is 79.9. The van der Waals surface area contributed by atoms with Crippen LogP contribution in [0, 0.1) is 17.7 Å². The maximum Gasteiger partial charge on any atom is 0.392 e. The third-order valence-corrected chi connectivity index (χ3v) is 5.03. The monoisotopic (exact) mass is 367 g/mol. The van der Waals surface area contributed by atoms with Crippen LogP contribution >= 0.6 is 15.9 Å². The maximum absolute atomic E-state index is 13.3. The lowest BCUT2D eigenvalue weighted by Crippen LogP contribution is -2.44. The Kier molecular flexibility index (Phi) is 5.30. The van der Waals surface area contributed by atoms with Gasteiger partial charge in [-0.3, -0.25) is 0 Å². The van der Waals surface area contributed by atoms with Crippen molar-refractivity contribution in [3.05, 3.63) is 34.1 Å². The first-order valence-electron chi connectivity index (χ1n) is 7.05. The van der Waals surface area contributed by atoms with E-state index in [1.54, 1.807) is 6.07 Å². The van der Waals surface area contributed by atoms with E-state index in [9.17, 15) is 17.6 Å². The fourth-order valence-electron chi connectivity index (χ4n) is 3.18. The molecular weight excluding hydrogens is 350 g/mol. The van der Waals surface area contributed by atoms with Crippen molar-refractivity contribution in [2.24, 2.45) is 17.6 Å². The summed E-state index contributed by atoms with van der Waals surface area (Å²) in [5.74, 6) is -2.33. The summed E-state index contributed by atoms with van der Waals surface area (Å²) in [5.41, 5.74) is 6.66. The molecule has 6 heteroatoms. The van der Waals surface area contributed by atoms with Crippen LogP contribution in [0.25, 0.3) is 0 Å². The molecular formula is C15H18BrF4N. The van der Waals surface area contributed by atoms with Gasteiger partial charge >= 0.3 is 6.18 Å². The zero-order chi connectivity index (χ0) is 15.6. The van der Waals surface area contributed by atoms with Crippen LogP contribution in [0.5, 0.6) is 0 Å². The fourth-order valence-corrected chi connectivity index (χ4v) is 3.59. The van der Waals surface area contributed by atoms with Crippen LogP contribution in [0.4, 0.5) is 17.6 Å². The molecule has 0 bridgehead atoms. The second-order valence-corrected chi connectivity index (χ2v) is 6.55. The molecule has 0 aliphatic heterocycles. The fraction of sp³-hybridized carbons (Fsp3) is 0.600. The van der Waals surface area contributed by atoms with Gasteiger partial charge in [0, 0.05) is 10.5 Å². The van der Waals surface area contributed by atoms with Gasteiger partial charge in [0.25, 0.3) is 0 Å². The van der Waals surface area contributed by atoms with Gasteiger partial charge < -0.3 is 5.73 Å². The molecule has 1 aromatic rings. The minimum Gasteiger partial charge on any atom is -0.327 e. The van der Waals surface area contributed by atoms with Crippen molar-refractivity contribution in [2.45, 2.75) is 44.3 Å². The van der Waals surface area contributed by atoms with Gasteiger partial charge in [0.2, 0.25) is 0 Å². The molecule has 118 valence electrons. The summed E-state index contributed by atoms with van der Waals surface area (Å²) in [7, 11) is 0. The summed E-state index contributed by atoms with van der Waals surface area (Å²) in [5, 5.41) is 0. The Balaban J connectivity index is 2.14. The van der Waals surface area contributed by atoms with Gasteiger partial charge in [0.05, 0.1) is 5.92 Å². The average molecular weight is 368 g/mol. The molecule has 1 aliphatic carbocycles. The molecule has 2 rings (SSSR count). The van der Waals surface area contributed by atoms with Gasteiger partial charge in [-0.15, -0.1) is 0 Å². The van der Waals surface area contributed by atoms with E-state index in [4.69, 9.17) is 5.73 Å². The largest absolute Gasteiger partial charge is 0.392 e. The Morgan fingerprint density at radius 1 is 1.24 bits per heavy atom. The van der Waals surface area contributed by atoms with Crippen molar-refractivity contribution in [3.63, 3.8) is 0 Å². The molecule has 0 spiro atoms. The van der Waals surface area contributed by atoms with Crippen LogP contribution in [0.1, 0.15) is 31.2 Å². The zero-order valence-electron chi connectivity index (χ0n) is 11.5. The highest BCUT2D eigenvalue weighted by Crippen LogP contribution is 2.43. The van der Waals surface area contributed by atoms with E-state index < -0.39 is 29.9 Å². The molecule has 1 aromatic carbocycles. The van der Waals surface area contributed by atoms with E-state index >= 15 is 0 Å². The summed E-state index contributed by atoms with van der Waals surface area (Å²) in [4.78, 5) is 0. The van der Waals surface area contributed by atoms with Crippen molar-refractivity contribution >= 4 is 15.9 Å². The number of rotatable bonds is 3. The number of nitrogens with two attached hydrogens (primary N) is 1. The van der Waals surface area contributed by atoms with Crippen LogP contribution in [0.2, 0.25) is 0 Å². The lowest BCUT2D eigenvalue weighted by Gasteiger charge is -2.36. The topological polar surface area (TPSA) is 26.0 Å². The van der Waals surface area contributed by atoms with Crippen LogP contribution in [-0.4, -0.2) is 12.2 Å². The number of benzene rings is 1. The number of hydrogen-bond donors (Lipinski definition) is 1. The smallest absolute Gasteiger partial charge is 0.327 e. The molecule has 0 aromatic heterocycles. The molecule has 1 aliphatic rings. The highest BCUT2D eigenvalue weighted by molar-refractivity contribution is 9.10. The Bertz CT molecular complexity index is 489. The van der Waals surface area contributed by atoms with Gasteiger partial charge in [-0.1, -0.05) is 28.8 Å². The Labute approximate surface area is 130 Å². The average Bonchev–Trinajstić information content (AvgIpc) is 2.42. The second kappa shape index (κ2) is 6.65. The lowest BCUT2D eigenvalue weighted by atomic mass is 9.73. The van der Waals surface area contributed by atoms with E-state index in [0.717, 1.165) is 6.42 Å². The first-order chi connectivity index (χ1) is 9.79. The Hall–Kier alpha value is -0.620. The van der Waals surface area contributed by atoms with Gasteiger partial charge in [0.1, 0.15) is 5.82 Å². The van der Waals surface area contributed by atoms with E-state index in [2.05, 4.69) is 15.9 Å². The van der Waals surface area contributed by atoms with Crippen LogP contribution in [-0.2, 0) is 6.42 Å². The predicted octanol–water partition coefficient (Wildman–Crippen LogP) is 4.83. The third kappa shape index (κ3) is 4.19. The van der Waals surface area contributed by atoms with E-state index in [-0.39, 0.29) is 12.8 Å². The molecule has 0 heterocycles. The SMILES string of the molecule is NC(Cc1cc(F)ccc1Br)C1CCCCC1C(F)(F)F. The molecule has 3 unspecified atom stereocenters. The molecule has 1 nitrogen and oxygen atoms in total. The van der Waals surface area contributed by atoms with Crippen molar-refractivity contribution in [1.29, 1.82) is 0 Å². The minimum atomic E-state index is -4.21. The molecule has 3 atom stereocenters. The van der Waals surface area contributed by atoms with Crippen LogP contribution < -0.4 is 5.73 Å². The summed E-state index contributed by atoms with van der Waals surface area (Å²) in [6, 6.07) is 3.57. The summed E-state index contributed by atoms with van der Waals surface area (Å²) < 4.78 is 53.3. The first-order valence-corrected chi connectivity index (χ1v) is 7.84. The second-order valence-electron chi connectivity index (χ2n) is 5.70. The van der Waals surface area contributed by atoms with Gasteiger partial charge in [-0.05, 0) is 48.9 Å². The van der Waals surface area contributed by atoms with E-state index in [0.29, 0.717) is 22.9 Å². The number of halogens is 5. The van der Waals surface area contributed by atoms with Crippen LogP contribution in [0.3, 0.4) is 0 Å². The Morgan fingerprint density at radius 2 is 1.90 bits per heavy atom. The molecule has 1 saturated carbocycles. The van der Waals surface area contributed by atoms with E-state index in [1.165, 1.54) is 12.1 Å². The summed E-state index contributed by atoms with van der Waals surface area (Å²) >= 11 is 3.29. The van der Waals surface area contributed by atoms with E-state index in [1.807, 2.05) is 0 Å². The summed E-state index contributed by atoms with van der Waals surface area (Å²) in [6.07, 6.45) is -1.96. The zero-order valence-corrected chi connectivity index (χ0v) is 13.1. The van der Waals surface area contributed by atoms with Crippen molar-refractivity contribution in [3.8, 4) is 0 Å². The number of alkyl halides is 3. The van der Waals surface area contributed by atoms with Crippen LogP contribution in [0.15, 0.2) is 22.7 Å². The minimum absolute atomic E-state index is 0.145. The highest BCUT2D eigenvalue weighted by Gasteiger charge is 2.47. The normalized spacial score (nSPS) is 24.9. The van der Waals surface area contributed by atoms with Gasteiger partial charge in [-0.25, -0.2) is 4.39 Å². The van der Waals surface area contributed by atoms with Crippen molar-refractivity contribution < 1.29 is 17.6 Å². The van der Waals surface area contributed by atoms with Gasteiger partial charge in [0.15, 0.2) is 0 Å². The first kappa shape index (κ1) is 16.7.